The van der Waals surface area contributed by atoms with Crippen LogP contribution in [0.3, 0.4) is 0 Å². The highest BCUT2D eigenvalue weighted by molar-refractivity contribution is 5.53. The van der Waals surface area contributed by atoms with E-state index in [0.29, 0.717) is 6.04 Å². The van der Waals surface area contributed by atoms with Crippen molar-refractivity contribution in [1.82, 2.24) is 14.6 Å². The minimum Gasteiger partial charge on any atom is -0.393 e. The molecule has 0 bridgehead atoms. The number of allylic oxidation sites excluding steroid dienone is 1. The number of aliphatic hydroxyl groups is 1. The van der Waals surface area contributed by atoms with Crippen molar-refractivity contribution in [3.63, 3.8) is 0 Å². The zero-order valence-electron chi connectivity index (χ0n) is 13.8. The van der Waals surface area contributed by atoms with Gasteiger partial charge >= 0.3 is 0 Å². The number of hydrogen-bond donors (Lipinski definition) is 2. The van der Waals surface area contributed by atoms with Crippen molar-refractivity contribution < 1.29 is 5.11 Å². The van der Waals surface area contributed by atoms with Gasteiger partial charge in [0, 0.05) is 6.04 Å². The molecule has 0 amide bonds. The third kappa shape index (κ3) is 4.10. The predicted octanol–water partition coefficient (Wildman–Crippen LogP) is 3.65. The Bertz CT molecular complexity index is 656. The van der Waals surface area contributed by atoms with Crippen molar-refractivity contribution in [2.45, 2.75) is 64.0 Å². The summed E-state index contributed by atoms with van der Waals surface area (Å²) < 4.78 is 1.89. The summed E-state index contributed by atoms with van der Waals surface area (Å²) in [6.07, 6.45) is 13.3. The molecule has 5 nitrogen and oxygen atoms in total. The summed E-state index contributed by atoms with van der Waals surface area (Å²) in [6, 6.07) is 4.38. The van der Waals surface area contributed by atoms with Crippen molar-refractivity contribution in [2.24, 2.45) is 0 Å². The Labute approximate surface area is 137 Å². The van der Waals surface area contributed by atoms with E-state index in [1.54, 1.807) is 0 Å². The molecule has 5 heteroatoms. The minimum atomic E-state index is -0.128. The number of imidazole rings is 1. The van der Waals surface area contributed by atoms with E-state index in [0.717, 1.165) is 49.3 Å². The molecule has 0 saturated heterocycles. The van der Waals surface area contributed by atoms with E-state index in [-0.39, 0.29) is 6.10 Å². The van der Waals surface area contributed by atoms with Crippen molar-refractivity contribution >= 4 is 17.5 Å². The van der Waals surface area contributed by atoms with Gasteiger partial charge in [-0.15, -0.1) is 5.10 Å². The lowest BCUT2D eigenvalue weighted by molar-refractivity contribution is 0.126. The average Bonchev–Trinajstić information content (AvgIpc) is 2.96. The molecule has 0 spiro atoms. The number of hydrogen-bond acceptors (Lipinski definition) is 4. The maximum Gasteiger partial charge on any atom is 0.154 e. The first-order chi connectivity index (χ1) is 11.3. The van der Waals surface area contributed by atoms with Crippen LogP contribution in [0.1, 0.15) is 57.6 Å². The lowest BCUT2D eigenvalue weighted by Crippen LogP contribution is -2.28. The number of aliphatic hydroxyl groups excluding tert-OH is 1. The Morgan fingerprint density at radius 2 is 2.13 bits per heavy atom. The molecule has 0 aliphatic heterocycles. The SMILES string of the molecule is CCCC/C=C/c1cnc2ccc(N[C@H]3CC[C@@H](O)CC3)nn12. The highest BCUT2D eigenvalue weighted by Gasteiger charge is 2.19. The quantitative estimate of drug-likeness (QED) is 0.799. The molecule has 1 aliphatic carbocycles. The maximum atomic E-state index is 9.60. The molecule has 124 valence electrons. The molecule has 2 heterocycles. The number of anilines is 1. The van der Waals surface area contributed by atoms with Crippen LogP contribution in [0.25, 0.3) is 11.7 Å². The van der Waals surface area contributed by atoms with Crippen molar-refractivity contribution in [3.8, 4) is 0 Å². The second-order valence-corrected chi connectivity index (χ2v) is 6.37. The van der Waals surface area contributed by atoms with Crippen LogP contribution in [-0.2, 0) is 0 Å². The third-order valence-electron chi connectivity index (χ3n) is 4.45. The molecule has 23 heavy (non-hydrogen) atoms. The number of aromatic nitrogens is 3. The van der Waals surface area contributed by atoms with Gasteiger partial charge in [-0.05, 0) is 50.3 Å². The van der Waals surface area contributed by atoms with Crippen LogP contribution in [0, 0.1) is 0 Å². The number of unbranched alkanes of at least 4 members (excludes halogenated alkanes) is 2. The highest BCUT2D eigenvalue weighted by atomic mass is 16.3. The fourth-order valence-electron chi connectivity index (χ4n) is 3.04. The number of nitrogens with one attached hydrogen (secondary N) is 1. The fourth-order valence-corrected chi connectivity index (χ4v) is 3.04. The van der Waals surface area contributed by atoms with Gasteiger partial charge in [-0.3, -0.25) is 0 Å². The number of nitrogens with zero attached hydrogens (tertiary/aromatic N) is 3. The van der Waals surface area contributed by atoms with Crippen molar-refractivity contribution in [1.29, 1.82) is 0 Å². The van der Waals surface area contributed by atoms with Crippen LogP contribution in [0.2, 0.25) is 0 Å². The summed E-state index contributed by atoms with van der Waals surface area (Å²) in [5.41, 5.74) is 1.88. The van der Waals surface area contributed by atoms with Crippen LogP contribution >= 0.6 is 0 Å². The van der Waals surface area contributed by atoms with Gasteiger partial charge in [0.15, 0.2) is 5.65 Å². The molecule has 2 N–H and O–H groups in total. The first-order valence-corrected chi connectivity index (χ1v) is 8.72. The molecule has 3 rings (SSSR count). The molecule has 2 aromatic heterocycles. The number of rotatable bonds is 6. The van der Waals surface area contributed by atoms with E-state index in [9.17, 15) is 5.11 Å². The van der Waals surface area contributed by atoms with Crippen LogP contribution in [0.5, 0.6) is 0 Å². The molecular formula is C18H26N4O. The Morgan fingerprint density at radius 1 is 1.30 bits per heavy atom. The smallest absolute Gasteiger partial charge is 0.154 e. The molecule has 0 atom stereocenters. The first-order valence-electron chi connectivity index (χ1n) is 8.72. The molecule has 0 radical (unpaired) electrons. The van der Waals surface area contributed by atoms with Crippen molar-refractivity contribution in [3.05, 3.63) is 30.1 Å². The second-order valence-electron chi connectivity index (χ2n) is 6.37. The predicted molar refractivity (Wildman–Crippen MR) is 93.4 cm³/mol. The van der Waals surface area contributed by atoms with Crippen molar-refractivity contribution in [2.75, 3.05) is 5.32 Å². The normalized spacial score (nSPS) is 22.0. The van der Waals surface area contributed by atoms with E-state index >= 15 is 0 Å². The van der Waals surface area contributed by atoms with E-state index in [2.05, 4.69) is 34.5 Å². The van der Waals surface area contributed by atoms with Crippen LogP contribution in [0.15, 0.2) is 24.4 Å². The summed E-state index contributed by atoms with van der Waals surface area (Å²) in [6.45, 7) is 2.20. The van der Waals surface area contributed by atoms with E-state index in [1.165, 1.54) is 12.8 Å². The molecule has 1 fully saturated rings. The monoisotopic (exact) mass is 314 g/mol. The van der Waals surface area contributed by atoms with Gasteiger partial charge in [0.25, 0.3) is 0 Å². The average molecular weight is 314 g/mol. The third-order valence-corrected chi connectivity index (χ3v) is 4.45. The maximum absolute atomic E-state index is 9.60. The van der Waals surface area contributed by atoms with Crippen LogP contribution in [-0.4, -0.2) is 31.9 Å². The molecule has 2 aromatic rings. The van der Waals surface area contributed by atoms with E-state index in [1.807, 2.05) is 22.8 Å². The zero-order chi connectivity index (χ0) is 16.1. The Kier molecular flexibility index (Phi) is 5.28. The molecule has 1 saturated carbocycles. The van der Waals surface area contributed by atoms with Gasteiger partial charge < -0.3 is 10.4 Å². The summed E-state index contributed by atoms with van der Waals surface area (Å²) in [4.78, 5) is 4.40. The van der Waals surface area contributed by atoms with E-state index < -0.39 is 0 Å². The molecule has 0 unspecified atom stereocenters. The topological polar surface area (TPSA) is 62.5 Å². The molecule has 1 aliphatic rings. The van der Waals surface area contributed by atoms with Gasteiger partial charge in [-0.2, -0.15) is 0 Å². The van der Waals surface area contributed by atoms with Gasteiger partial charge in [-0.25, -0.2) is 9.50 Å². The summed E-state index contributed by atoms with van der Waals surface area (Å²) in [5.74, 6) is 0.875. The summed E-state index contributed by atoms with van der Waals surface area (Å²) >= 11 is 0. The molecule has 0 aromatic carbocycles. The first kappa shape index (κ1) is 16.0. The minimum absolute atomic E-state index is 0.128. The summed E-state index contributed by atoms with van der Waals surface area (Å²) in [7, 11) is 0. The second kappa shape index (κ2) is 7.59. The zero-order valence-corrected chi connectivity index (χ0v) is 13.8. The van der Waals surface area contributed by atoms with E-state index in [4.69, 9.17) is 0 Å². The lowest BCUT2D eigenvalue weighted by Gasteiger charge is -2.26. The Balaban J connectivity index is 1.71. The lowest BCUT2D eigenvalue weighted by atomic mass is 9.93. The Hall–Kier alpha value is -1.88. The fraction of sp³-hybridized carbons (Fsp3) is 0.556. The standard InChI is InChI=1S/C18H26N4O/c1-2-3-4-5-6-15-13-19-18-12-11-17(21-22(15)18)20-14-7-9-16(23)10-8-14/h5-6,11-14,16,23H,2-4,7-10H2,1H3,(H,20,21)/b6-5+/t14-,16+. The summed E-state index contributed by atoms with van der Waals surface area (Å²) in [5, 5.41) is 17.8. The van der Waals surface area contributed by atoms with Gasteiger partial charge in [-0.1, -0.05) is 25.8 Å². The van der Waals surface area contributed by atoms with Gasteiger partial charge in [0.05, 0.1) is 18.0 Å². The van der Waals surface area contributed by atoms with Crippen LogP contribution in [0.4, 0.5) is 5.82 Å². The number of fused-ring (bicyclic) bond motifs is 1. The highest BCUT2D eigenvalue weighted by Crippen LogP contribution is 2.21. The van der Waals surface area contributed by atoms with Gasteiger partial charge in [0.2, 0.25) is 0 Å². The van der Waals surface area contributed by atoms with Gasteiger partial charge in [0.1, 0.15) is 5.82 Å². The Morgan fingerprint density at radius 3 is 2.91 bits per heavy atom. The van der Waals surface area contributed by atoms with Crippen LogP contribution < -0.4 is 5.32 Å². The molecular weight excluding hydrogens is 288 g/mol. The largest absolute Gasteiger partial charge is 0.393 e.